The molecule has 3 amide bonds. The molecule has 0 saturated heterocycles. The standard InChI is InChI=1S/C25H29F2N5O2/c1-6-31(24(34)28-17-9-12-19(26)20(27)13-17)15-23(33)29-22-14-21(25(3,4)5)30-32(22)18-10-7-16(2)8-11-18/h7-14H,6,15H2,1-5H3,(H,28,34)(H,29,33). The third-order valence-corrected chi connectivity index (χ3v) is 5.20. The van der Waals surface area contributed by atoms with Crippen molar-refractivity contribution in [3.8, 4) is 5.69 Å². The Balaban J connectivity index is 1.76. The number of hydrogen-bond donors (Lipinski definition) is 2. The fraction of sp³-hybridized carbons (Fsp3) is 0.320. The third-order valence-electron chi connectivity index (χ3n) is 5.20. The summed E-state index contributed by atoms with van der Waals surface area (Å²) in [5.41, 5.74) is 2.54. The zero-order valence-corrected chi connectivity index (χ0v) is 19.9. The molecule has 0 spiro atoms. The maximum atomic E-state index is 13.4. The largest absolute Gasteiger partial charge is 0.322 e. The molecule has 2 aromatic carbocycles. The summed E-state index contributed by atoms with van der Waals surface area (Å²) >= 11 is 0. The number of nitrogens with one attached hydrogen (secondary N) is 2. The Labute approximate surface area is 197 Å². The molecule has 3 rings (SSSR count). The van der Waals surface area contributed by atoms with E-state index >= 15 is 0 Å². The molecule has 0 fully saturated rings. The minimum Gasteiger partial charge on any atom is -0.315 e. The van der Waals surface area contributed by atoms with Crippen molar-refractivity contribution < 1.29 is 18.4 Å². The Kier molecular flexibility index (Phi) is 7.34. The van der Waals surface area contributed by atoms with Gasteiger partial charge in [-0.1, -0.05) is 38.5 Å². The number of aryl methyl sites for hydroxylation is 1. The molecule has 180 valence electrons. The molecule has 1 aromatic heterocycles. The molecule has 0 aliphatic rings. The second-order valence-corrected chi connectivity index (χ2v) is 9.03. The molecular formula is C25H29F2N5O2. The fourth-order valence-corrected chi connectivity index (χ4v) is 3.18. The average molecular weight is 470 g/mol. The van der Waals surface area contributed by atoms with E-state index < -0.39 is 23.6 Å². The molecule has 0 unspecified atom stereocenters. The highest BCUT2D eigenvalue weighted by molar-refractivity contribution is 5.96. The lowest BCUT2D eigenvalue weighted by atomic mass is 9.92. The number of urea groups is 1. The third kappa shape index (κ3) is 5.98. The SMILES string of the molecule is CCN(CC(=O)Nc1cc(C(C)(C)C)nn1-c1ccc(C)cc1)C(=O)Nc1ccc(F)c(F)c1. The van der Waals surface area contributed by atoms with Crippen LogP contribution in [0.15, 0.2) is 48.5 Å². The van der Waals surface area contributed by atoms with Crippen LogP contribution < -0.4 is 10.6 Å². The second kappa shape index (κ2) is 10.0. The lowest BCUT2D eigenvalue weighted by Crippen LogP contribution is -2.40. The summed E-state index contributed by atoms with van der Waals surface area (Å²) in [4.78, 5) is 26.7. The Morgan fingerprint density at radius 2 is 1.68 bits per heavy atom. The van der Waals surface area contributed by atoms with Crippen LogP contribution in [-0.2, 0) is 10.2 Å². The van der Waals surface area contributed by atoms with Crippen molar-refractivity contribution in [1.82, 2.24) is 14.7 Å². The molecule has 0 radical (unpaired) electrons. The number of carbonyl (C=O) groups excluding carboxylic acids is 2. The molecule has 7 nitrogen and oxygen atoms in total. The number of aromatic nitrogens is 2. The van der Waals surface area contributed by atoms with Crippen molar-refractivity contribution in [3.63, 3.8) is 0 Å². The van der Waals surface area contributed by atoms with E-state index in [-0.39, 0.29) is 24.2 Å². The van der Waals surface area contributed by atoms with E-state index in [9.17, 15) is 18.4 Å². The number of likely N-dealkylation sites (N-methyl/N-ethyl adjacent to an activating group) is 1. The predicted octanol–water partition coefficient (Wildman–Crippen LogP) is 5.25. The summed E-state index contributed by atoms with van der Waals surface area (Å²) in [5, 5.41) is 10.0. The van der Waals surface area contributed by atoms with Crippen LogP contribution >= 0.6 is 0 Å². The van der Waals surface area contributed by atoms with Crippen LogP contribution in [-0.4, -0.2) is 39.7 Å². The summed E-state index contributed by atoms with van der Waals surface area (Å²) in [5.74, 6) is -2.02. The molecule has 0 saturated carbocycles. The van der Waals surface area contributed by atoms with Gasteiger partial charge in [0.05, 0.1) is 11.4 Å². The maximum absolute atomic E-state index is 13.4. The van der Waals surface area contributed by atoms with Gasteiger partial charge in [0.25, 0.3) is 0 Å². The summed E-state index contributed by atoms with van der Waals surface area (Å²) in [6.07, 6.45) is 0. The van der Waals surface area contributed by atoms with Gasteiger partial charge in [0, 0.05) is 29.8 Å². The minimum absolute atomic E-state index is 0.0926. The molecule has 0 aliphatic heterocycles. The van der Waals surface area contributed by atoms with Crippen LogP contribution in [0.3, 0.4) is 0 Å². The highest BCUT2D eigenvalue weighted by Crippen LogP contribution is 2.26. The number of benzene rings is 2. The van der Waals surface area contributed by atoms with Crippen LogP contribution in [0, 0.1) is 18.6 Å². The van der Waals surface area contributed by atoms with Crippen LogP contribution in [0.5, 0.6) is 0 Å². The van der Waals surface area contributed by atoms with E-state index in [4.69, 9.17) is 0 Å². The molecule has 0 aliphatic carbocycles. The van der Waals surface area contributed by atoms with Gasteiger partial charge in [-0.15, -0.1) is 0 Å². The average Bonchev–Trinajstić information content (AvgIpc) is 3.19. The van der Waals surface area contributed by atoms with Gasteiger partial charge in [-0.3, -0.25) is 4.79 Å². The van der Waals surface area contributed by atoms with Crippen molar-refractivity contribution in [3.05, 3.63) is 71.4 Å². The first kappa shape index (κ1) is 24.9. The number of rotatable bonds is 6. The molecule has 3 aromatic rings. The summed E-state index contributed by atoms with van der Waals surface area (Å²) < 4.78 is 28.2. The number of halogens is 2. The highest BCUT2D eigenvalue weighted by atomic mass is 19.2. The van der Waals surface area contributed by atoms with Crippen molar-refractivity contribution in [2.24, 2.45) is 0 Å². The normalized spacial score (nSPS) is 11.3. The van der Waals surface area contributed by atoms with Crippen LogP contribution in [0.1, 0.15) is 39.0 Å². The zero-order valence-electron chi connectivity index (χ0n) is 19.9. The van der Waals surface area contributed by atoms with Gasteiger partial charge < -0.3 is 15.5 Å². The zero-order chi connectivity index (χ0) is 25.0. The van der Waals surface area contributed by atoms with Crippen LogP contribution in [0.25, 0.3) is 5.69 Å². The fourth-order valence-electron chi connectivity index (χ4n) is 3.18. The smallest absolute Gasteiger partial charge is 0.315 e. The van der Waals surface area contributed by atoms with E-state index in [1.165, 1.54) is 11.0 Å². The topological polar surface area (TPSA) is 79.3 Å². The first-order valence-corrected chi connectivity index (χ1v) is 11.0. The molecule has 34 heavy (non-hydrogen) atoms. The van der Waals surface area contributed by atoms with Gasteiger partial charge in [-0.25, -0.2) is 18.3 Å². The Bertz CT molecular complexity index is 1180. The molecule has 2 N–H and O–H groups in total. The lowest BCUT2D eigenvalue weighted by molar-refractivity contribution is -0.116. The quantitative estimate of drug-likeness (QED) is 0.518. The van der Waals surface area contributed by atoms with E-state index in [2.05, 4.69) is 15.7 Å². The van der Waals surface area contributed by atoms with Gasteiger partial charge in [0.15, 0.2) is 11.6 Å². The first-order chi connectivity index (χ1) is 16.0. The summed E-state index contributed by atoms with van der Waals surface area (Å²) in [6, 6.07) is 12.0. The van der Waals surface area contributed by atoms with E-state index in [0.717, 1.165) is 29.1 Å². The Morgan fingerprint density at radius 1 is 1.00 bits per heavy atom. The van der Waals surface area contributed by atoms with Gasteiger partial charge >= 0.3 is 6.03 Å². The molecule has 0 atom stereocenters. The number of amides is 3. The monoisotopic (exact) mass is 469 g/mol. The van der Waals surface area contributed by atoms with Crippen molar-refractivity contribution in [1.29, 1.82) is 0 Å². The number of hydrogen-bond acceptors (Lipinski definition) is 3. The maximum Gasteiger partial charge on any atom is 0.322 e. The summed E-state index contributed by atoms with van der Waals surface area (Å²) in [6.45, 7) is 9.78. The lowest BCUT2D eigenvalue weighted by Gasteiger charge is -2.21. The second-order valence-electron chi connectivity index (χ2n) is 9.03. The Morgan fingerprint density at radius 3 is 2.26 bits per heavy atom. The molecule has 1 heterocycles. The molecular weight excluding hydrogens is 440 g/mol. The van der Waals surface area contributed by atoms with Gasteiger partial charge in [-0.05, 0) is 38.1 Å². The van der Waals surface area contributed by atoms with Gasteiger partial charge in [0.2, 0.25) is 5.91 Å². The van der Waals surface area contributed by atoms with E-state index in [1.807, 2.05) is 58.0 Å². The van der Waals surface area contributed by atoms with E-state index in [1.54, 1.807) is 11.6 Å². The predicted molar refractivity (Wildman–Crippen MR) is 128 cm³/mol. The Hall–Kier alpha value is -3.75. The first-order valence-electron chi connectivity index (χ1n) is 11.0. The number of carbonyl (C=O) groups is 2. The van der Waals surface area contributed by atoms with Gasteiger partial charge in [-0.2, -0.15) is 5.10 Å². The molecule has 0 bridgehead atoms. The minimum atomic E-state index is -1.07. The van der Waals surface area contributed by atoms with Crippen LogP contribution in [0.4, 0.5) is 25.1 Å². The summed E-state index contributed by atoms with van der Waals surface area (Å²) in [7, 11) is 0. The van der Waals surface area contributed by atoms with Crippen molar-refractivity contribution in [2.75, 3.05) is 23.7 Å². The van der Waals surface area contributed by atoms with Gasteiger partial charge in [0.1, 0.15) is 12.4 Å². The number of nitrogens with zero attached hydrogens (tertiary/aromatic N) is 3. The van der Waals surface area contributed by atoms with Crippen molar-refractivity contribution in [2.45, 2.75) is 40.0 Å². The number of anilines is 2. The van der Waals surface area contributed by atoms with Crippen molar-refractivity contribution >= 4 is 23.4 Å². The molecule has 9 heteroatoms. The van der Waals surface area contributed by atoms with Crippen LogP contribution in [0.2, 0.25) is 0 Å². The van der Waals surface area contributed by atoms with E-state index in [0.29, 0.717) is 5.82 Å². The highest BCUT2D eigenvalue weighted by Gasteiger charge is 2.23.